The fourth-order valence-corrected chi connectivity index (χ4v) is 1.36. The van der Waals surface area contributed by atoms with Crippen LogP contribution in [0.1, 0.15) is 39.0 Å². The third kappa shape index (κ3) is 1.68. The van der Waals surface area contributed by atoms with Crippen LogP contribution in [0.5, 0.6) is 0 Å². The summed E-state index contributed by atoms with van der Waals surface area (Å²) in [5, 5.41) is 9.37. The van der Waals surface area contributed by atoms with Crippen LogP contribution in [0.4, 0.5) is 0 Å². The van der Waals surface area contributed by atoms with Crippen molar-refractivity contribution >= 4 is 0 Å². The lowest BCUT2D eigenvalue weighted by Gasteiger charge is -2.29. The number of hydrogen-bond acceptors (Lipinski definition) is 1. The van der Waals surface area contributed by atoms with Gasteiger partial charge in [0.25, 0.3) is 0 Å². The second kappa shape index (κ2) is 3.21. The van der Waals surface area contributed by atoms with Gasteiger partial charge in [0, 0.05) is 0 Å². The van der Waals surface area contributed by atoms with Crippen LogP contribution in [0.3, 0.4) is 0 Å². The molecule has 1 nitrogen and oxygen atoms in total. The zero-order valence-corrected chi connectivity index (χ0v) is 6.14. The second-order valence-electron chi connectivity index (χ2n) is 3.05. The van der Waals surface area contributed by atoms with Crippen molar-refractivity contribution in [3.05, 3.63) is 0 Å². The minimum atomic E-state index is 0.0174. The van der Waals surface area contributed by atoms with Crippen LogP contribution in [-0.4, -0.2) is 11.2 Å². The van der Waals surface area contributed by atoms with Gasteiger partial charge < -0.3 is 5.11 Å². The standard InChI is InChI=1S/C8H16O/c1-2-4-8(9)7-5-3-6-7/h7-9H,2-6H2,1H3. The zero-order valence-electron chi connectivity index (χ0n) is 6.14. The molecule has 0 heterocycles. The summed E-state index contributed by atoms with van der Waals surface area (Å²) in [6.07, 6.45) is 6.01. The minimum absolute atomic E-state index is 0.0174. The molecule has 0 amide bonds. The van der Waals surface area contributed by atoms with Crippen LogP contribution in [0, 0.1) is 5.92 Å². The summed E-state index contributed by atoms with van der Waals surface area (Å²) < 4.78 is 0. The lowest BCUT2D eigenvalue weighted by atomic mass is 9.80. The maximum Gasteiger partial charge on any atom is 0.0568 e. The monoisotopic (exact) mass is 128 g/mol. The first-order valence-electron chi connectivity index (χ1n) is 4.02. The Bertz CT molecular complexity index is 76.6. The Morgan fingerprint density at radius 2 is 2.22 bits per heavy atom. The summed E-state index contributed by atoms with van der Waals surface area (Å²) in [7, 11) is 0. The van der Waals surface area contributed by atoms with Crippen molar-refractivity contribution in [3.63, 3.8) is 0 Å². The predicted octanol–water partition coefficient (Wildman–Crippen LogP) is 1.95. The van der Waals surface area contributed by atoms with E-state index in [1.54, 1.807) is 0 Å². The molecule has 1 rings (SSSR count). The number of aliphatic hydroxyl groups excluding tert-OH is 1. The summed E-state index contributed by atoms with van der Waals surface area (Å²) in [6.45, 7) is 2.13. The number of rotatable bonds is 3. The Kier molecular flexibility index (Phi) is 2.52. The van der Waals surface area contributed by atoms with Gasteiger partial charge in [-0.25, -0.2) is 0 Å². The zero-order chi connectivity index (χ0) is 6.69. The Hall–Kier alpha value is -0.0400. The van der Waals surface area contributed by atoms with E-state index in [1.807, 2.05) is 0 Å². The lowest BCUT2D eigenvalue weighted by molar-refractivity contribution is 0.0552. The first-order chi connectivity index (χ1) is 4.34. The summed E-state index contributed by atoms with van der Waals surface area (Å²) >= 11 is 0. The fourth-order valence-electron chi connectivity index (χ4n) is 1.36. The summed E-state index contributed by atoms with van der Waals surface area (Å²) in [5.74, 6) is 0.657. The van der Waals surface area contributed by atoms with Gasteiger partial charge in [0.2, 0.25) is 0 Å². The van der Waals surface area contributed by atoms with Gasteiger partial charge in [-0.3, -0.25) is 0 Å². The third-order valence-electron chi connectivity index (χ3n) is 2.28. The molecule has 1 aliphatic carbocycles. The van der Waals surface area contributed by atoms with Gasteiger partial charge in [0.15, 0.2) is 0 Å². The van der Waals surface area contributed by atoms with Crippen molar-refractivity contribution < 1.29 is 5.11 Å². The molecule has 0 radical (unpaired) electrons. The first-order valence-corrected chi connectivity index (χ1v) is 4.02. The average molecular weight is 128 g/mol. The van der Waals surface area contributed by atoms with E-state index in [4.69, 9.17) is 0 Å². The van der Waals surface area contributed by atoms with E-state index >= 15 is 0 Å². The molecule has 0 aromatic rings. The molecule has 1 saturated carbocycles. The van der Waals surface area contributed by atoms with Gasteiger partial charge in [-0.2, -0.15) is 0 Å². The van der Waals surface area contributed by atoms with Gasteiger partial charge in [0.05, 0.1) is 6.10 Å². The van der Waals surface area contributed by atoms with E-state index in [0.717, 1.165) is 12.8 Å². The molecule has 0 aliphatic heterocycles. The largest absolute Gasteiger partial charge is 0.393 e. The van der Waals surface area contributed by atoms with Crippen LogP contribution in [0.15, 0.2) is 0 Å². The molecule has 1 unspecified atom stereocenters. The van der Waals surface area contributed by atoms with E-state index in [0.29, 0.717) is 5.92 Å². The van der Waals surface area contributed by atoms with Crippen LogP contribution in [0.25, 0.3) is 0 Å². The molecular weight excluding hydrogens is 112 g/mol. The normalized spacial score (nSPS) is 23.3. The molecule has 1 atom stereocenters. The molecule has 54 valence electrons. The van der Waals surface area contributed by atoms with Crippen LogP contribution in [0.2, 0.25) is 0 Å². The Morgan fingerprint density at radius 3 is 2.56 bits per heavy atom. The van der Waals surface area contributed by atoms with E-state index in [1.165, 1.54) is 19.3 Å². The molecule has 1 fully saturated rings. The molecule has 1 N–H and O–H groups in total. The van der Waals surface area contributed by atoms with Gasteiger partial charge >= 0.3 is 0 Å². The third-order valence-corrected chi connectivity index (χ3v) is 2.28. The Morgan fingerprint density at radius 1 is 1.56 bits per heavy atom. The van der Waals surface area contributed by atoms with Gasteiger partial charge in [-0.15, -0.1) is 0 Å². The fraction of sp³-hybridized carbons (Fsp3) is 1.00. The summed E-state index contributed by atoms with van der Waals surface area (Å²) in [4.78, 5) is 0. The van der Waals surface area contributed by atoms with Gasteiger partial charge in [0.1, 0.15) is 0 Å². The molecule has 0 saturated heterocycles. The lowest BCUT2D eigenvalue weighted by Crippen LogP contribution is -2.26. The smallest absolute Gasteiger partial charge is 0.0568 e. The molecule has 0 aromatic heterocycles. The van der Waals surface area contributed by atoms with Crippen molar-refractivity contribution in [1.82, 2.24) is 0 Å². The maximum atomic E-state index is 9.37. The summed E-state index contributed by atoms with van der Waals surface area (Å²) in [6, 6.07) is 0. The highest BCUT2D eigenvalue weighted by molar-refractivity contribution is 4.76. The highest BCUT2D eigenvalue weighted by atomic mass is 16.3. The van der Waals surface area contributed by atoms with E-state index < -0.39 is 0 Å². The number of hydrogen-bond donors (Lipinski definition) is 1. The molecule has 9 heavy (non-hydrogen) atoms. The van der Waals surface area contributed by atoms with Gasteiger partial charge in [-0.05, 0) is 25.2 Å². The first kappa shape index (κ1) is 7.07. The SMILES string of the molecule is CCCC(O)C1CCC1. The topological polar surface area (TPSA) is 20.2 Å². The molecule has 0 bridgehead atoms. The van der Waals surface area contributed by atoms with Crippen LogP contribution >= 0.6 is 0 Å². The molecule has 0 aromatic carbocycles. The van der Waals surface area contributed by atoms with Gasteiger partial charge in [-0.1, -0.05) is 19.8 Å². The highest BCUT2D eigenvalue weighted by Gasteiger charge is 2.24. The average Bonchev–Trinajstić information content (AvgIpc) is 1.60. The highest BCUT2D eigenvalue weighted by Crippen LogP contribution is 2.31. The molecule has 1 heteroatoms. The maximum absolute atomic E-state index is 9.37. The van der Waals surface area contributed by atoms with E-state index in [9.17, 15) is 5.11 Å². The van der Waals surface area contributed by atoms with Crippen molar-refractivity contribution in [2.45, 2.75) is 45.1 Å². The Balaban J connectivity index is 2.08. The van der Waals surface area contributed by atoms with Crippen LogP contribution in [-0.2, 0) is 0 Å². The van der Waals surface area contributed by atoms with Crippen LogP contribution < -0.4 is 0 Å². The van der Waals surface area contributed by atoms with E-state index in [2.05, 4.69) is 6.92 Å². The predicted molar refractivity (Wildman–Crippen MR) is 38.3 cm³/mol. The minimum Gasteiger partial charge on any atom is -0.393 e. The quantitative estimate of drug-likeness (QED) is 0.616. The molecule has 1 aliphatic rings. The van der Waals surface area contributed by atoms with E-state index in [-0.39, 0.29) is 6.10 Å². The van der Waals surface area contributed by atoms with Crippen molar-refractivity contribution in [1.29, 1.82) is 0 Å². The van der Waals surface area contributed by atoms with Crippen molar-refractivity contribution in [2.24, 2.45) is 5.92 Å². The van der Waals surface area contributed by atoms with Crippen molar-refractivity contribution in [3.8, 4) is 0 Å². The number of aliphatic hydroxyl groups is 1. The molecular formula is C8H16O. The summed E-state index contributed by atoms with van der Waals surface area (Å²) in [5.41, 5.74) is 0. The molecule has 0 spiro atoms. The second-order valence-corrected chi connectivity index (χ2v) is 3.05. The van der Waals surface area contributed by atoms with Crippen molar-refractivity contribution in [2.75, 3.05) is 0 Å². The Labute approximate surface area is 57.1 Å².